The van der Waals surface area contributed by atoms with Crippen molar-refractivity contribution in [2.45, 2.75) is 64.7 Å². The molecule has 0 aliphatic heterocycles. The second-order valence-electron chi connectivity index (χ2n) is 8.00. The van der Waals surface area contributed by atoms with E-state index in [-0.39, 0.29) is 6.42 Å². The number of carbonyl (C=O) groups excluding carboxylic acids is 2. The molecule has 0 radical (unpaired) electrons. The van der Waals surface area contributed by atoms with Crippen LogP contribution in [-0.2, 0) is 25.5 Å². The average molecular weight is 365 g/mol. The minimum Gasteiger partial charge on any atom is -0.479 e. The first-order chi connectivity index (χ1) is 11.8. The summed E-state index contributed by atoms with van der Waals surface area (Å²) in [5.41, 5.74) is -3.53. The maximum Gasteiger partial charge on any atom is 0.409 e. The highest BCUT2D eigenvalue weighted by atomic mass is 16.6. The summed E-state index contributed by atoms with van der Waals surface area (Å²) in [6, 6.07) is 8.52. The van der Waals surface area contributed by atoms with Crippen molar-refractivity contribution in [1.82, 2.24) is 5.32 Å². The Labute approximate surface area is 153 Å². The van der Waals surface area contributed by atoms with Gasteiger partial charge in [0.1, 0.15) is 11.2 Å². The normalized spacial score (nSPS) is 14.1. The molecule has 1 atom stereocenters. The minimum absolute atomic E-state index is 0.280. The van der Waals surface area contributed by atoms with Gasteiger partial charge in [-0.15, -0.1) is 0 Å². The molecule has 144 valence electrons. The predicted molar refractivity (Wildman–Crippen MR) is 95.7 cm³/mol. The van der Waals surface area contributed by atoms with Gasteiger partial charge < -0.3 is 14.6 Å². The van der Waals surface area contributed by atoms with Crippen molar-refractivity contribution in [2.75, 3.05) is 0 Å². The Morgan fingerprint density at radius 3 is 1.85 bits per heavy atom. The van der Waals surface area contributed by atoms with Gasteiger partial charge >= 0.3 is 18.0 Å². The molecule has 2 N–H and O–H groups in total. The van der Waals surface area contributed by atoms with E-state index in [9.17, 15) is 19.5 Å². The van der Waals surface area contributed by atoms with Gasteiger partial charge in [-0.2, -0.15) is 0 Å². The Morgan fingerprint density at radius 1 is 0.923 bits per heavy atom. The summed E-state index contributed by atoms with van der Waals surface area (Å²) in [6.45, 7) is 9.77. The van der Waals surface area contributed by atoms with Crippen LogP contribution in [0.4, 0.5) is 4.79 Å². The first-order valence-electron chi connectivity index (χ1n) is 8.27. The second kappa shape index (κ2) is 7.76. The molecule has 1 amide bonds. The summed E-state index contributed by atoms with van der Waals surface area (Å²) in [7, 11) is 0. The molecule has 0 unspecified atom stereocenters. The Hall–Kier alpha value is -2.57. The number of carboxylic acid groups (broad SMARTS) is 1. The van der Waals surface area contributed by atoms with Crippen molar-refractivity contribution in [1.29, 1.82) is 0 Å². The zero-order valence-electron chi connectivity index (χ0n) is 16.1. The van der Waals surface area contributed by atoms with Crippen LogP contribution in [0, 0.1) is 0 Å². The van der Waals surface area contributed by atoms with Crippen molar-refractivity contribution in [3.05, 3.63) is 35.9 Å². The van der Waals surface area contributed by atoms with Crippen molar-refractivity contribution < 1.29 is 29.0 Å². The van der Waals surface area contributed by atoms with Gasteiger partial charge in [0.15, 0.2) is 0 Å². The topological polar surface area (TPSA) is 102 Å². The smallest absolute Gasteiger partial charge is 0.409 e. The maximum atomic E-state index is 12.8. The standard InChI is InChI=1S/C19H27NO6/c1-17(2,3)25-15(23)19(14(21)22,12-13-10-8-7-9-11-13)20-16(24)26-18(4,5)6/h7-11H,12H2,1-6H3,(H,20,24)(H,21,22)/t19-/m0/s1. The molecular formula is C19H27NO6. The molecule has 1 aromatic carbocycles. The fourth-order valence-electron chi connectivity index (χ4n) is 2.13. The van der Waals surface area contributed by atoms with E-state index < -0.39 is 34.8 Å². The molecule has 7 nitrogen and oxygen atoms in total. The third-order valence-corrected chi connectivity index (χ3v) is 3.14. The highest BCUT2D eigenvalue weighted by Crippen LogP contribution is 2.21. The highest BCUT2D eigenvalue weighted by molar-refractivity contribution is 6.07. The van der Waals surface area contributed by atoms with Gasteiger partial charge in [0, 0.05) is 6.42 Å². The molecule has 1 rings (SSSR count). The van der Waals surface area contributed by atoms with E-state index in [4.69, 9.17) is 9.47 Å². The van der Waals surface area contributed by atoms with Crippen LogP contribution in [0.3, 0.4) is 0 Å². The van der Waals surface area contributed by atoms with E-state index in [0.29, 0.717) is 5.56 Å². The molecule has 0 bridgehead atoms. The third kappa shape index (κ3) is 6.38. The van der Waals surface area contributed by atoms with Gasteiger partial charge in [-0.05, 0) is 47.1 Å². The number of hydrogen-bond acceptors (Lipinski definition) is 5. The first kappa shape index (κ1) is 21.5. The van der Waals surface area contributed by atoms with Crippen LogP contribution in [0.2, 0.25) is 0 Å². The molecule has 7 heteroatoms. The van der Waals surface area contributed by atoms with E-state index in [2.05, 4.69) is 5.32 Å². The van der Waals surface area contributed by atoms with Gasteiger partial charge in [-0.3, -0.25) is 5.32 Å². The quantitative estimate of drug-likeness (QED) is 0.614. The lowest BCUT2D eigenvalue weighted by Gasteiger charge is -2.32. The number of benzene rings is 1. The highest BCUT2D eigenvalue weighted by Gasteiger charge is 2.51. The molecule has 1 aromatic rings. The van der Waals surface area contributed by atoms with Gasteiger partial charge in [-0.1, -0.05) is 30.3 Å². The van der Waals surface area contributed by atoms with Crippen molar-refractivity contribution in [2.24, 2.45) is 0 Å². The second-order valence-corrected chi connectivity index (χ2v) is 8.00. The summed E-state index contributed by atoms with van der Waals surface area (Å²) >= 11 is 0. The van der Waals surface area contributed by atoms with Gasteiger partial charge in [-0.25, -0.2) is 14.4 Å². The van der Waals surface area contributed by atoms with E-state index in [1.807, 2.05) is 0 Å². The Morgan fingerprint density at radius 2 is 1.42 bits per heavy atom. The summed E-state index contributed by atoms with van der Waals surface area (Å²) in [5, 5.41) is 12.1. The lowest BCUT2D eigenvalue weighted by Crippen LogP contribution is -2.63. The molecule has 26 heavy (non-hydrogen) atoms. The molecule has 0 saturated heterocycles. The Balaban J connectivity index is 3.29. The summed E-state index contributed by atoms with van der Waals surface area (Å²) in [4.78, 5) is 37.1. The van der Waals surface area contributed by atoms with Gasteiger partial charge in [0.25, 0.3) is 0 Å². The summed E-state index contributed by atoms with van der Waals surface area (Å²) in [6.07, 6.45) is -1.29. The largest absolute Gasteiger partial charge is 0.479 e. The van der Waals surface area contributed by atoms with Crippen molar-refractivity contribution in [3.63, 3.8) is 0 Å². The zero-order chi connectivity index (χ0) is 20.2. The number of nitrogens with one attached hydrogen (secondary N) is 1. The van der Waals surface area contributed by atoms with E-state index >= 15 is 0 Å². The average Bonchev–Trinajstić information content (AvgIpc) is 2.43. The molecule has 0 aliphatic carbocycles. The third-order valence-electron chi connectivity index (χ3n) is 3.14. The number of carbonyl (C=O) groups is 3. The Kier molecular flexibility index (Phi) is 6.41. The first-order valence-corrected chi connectivity index (χ1v) is 8.27. The summed E-state index contributed by atoms with van der Waals surface area (Å²) < 4.78 is 10.4. The van der Waals surface area contributed by atoms with Crippen LogP contribution in [0.25, 0.3) is 0 Å². The van der Waals surface area contributed by atoms with E-state index in [1.54, 1.807) is 71.9 Å². The lowest BCUT2D eigenvalue weighted by molar-refractivity contribution is -0.171. The number of esters is 1. The van der Waals surface area contributed by atoms with Crippen LogP contribution in [0.1, 0.15) is 47.1 Å². The van der Waals surface area contributed by atoms with Crippen LogP contribution < -0.4 is 5.32 Å². The SMILES string of the molecule is CC(C)(C)OC(=O)N[C@@](Cc1ccccc1)(C(=O)O)C(=O)OC(C)(C)C. The van der Waals surface area contributed by atoms with Crippen LogP contribution in [0.5, 0.6) is 0 Å². The van der Waals surface area contributed by atoms with Crippen molar-refractivity contribution >= 4 is 18.0 Å². The molecular weight excluding hydrogens is 338 g/mol. The molecule has 0 aromatic heterocycles. The number of ether oxygens (including phenoxy) is 2. The molecule has 0 spiro atoms. The summed E-state index contributed by atoms with van der Waals surface area (Å²) in [5.74, 6) is -2.59. The zero-order valence-corrected chi connectivity index (χ0v) is 16.1. The number of hydrogen-bond donors (Lipinski definition) is 2. The molecule has 0 aliphatic rings. The number of alkyl carbamates (subject to hydrolysis) is 1. The minimum atomic E-state index is -2.31. The molecule has 0 saturated carbocycles. The maximum absolute atomic E-state index is 12.8. The Bertz CT molecular complexity index is 657. The lowest BCUT2D eigenvalue weighted by atomic mass is 9.90. The van der Waals surface area contributed by atoms with Crippen molar-refractivity contribution in [3.8, 4) is 0 Å². The number of carboxylic acids is 1. The monoisotopic (exact) mass is 365 g/mol. The molecule has 0 fully saturated rings. The van der Waals surface area contributed by atoms with Crippen LogP contribution in [-0.4, -0.2) is 39.9 Å². The van der Waals surface area contributed by atoms with Crippen LogP contribution in [0.15, 0.2) is 30.3 Å². The van der Waals surface area contributed by atoms with Gasteiger partial charge in [0.2, 0.25) is 5.54 Å². The van der Waals surface area contributed by atoms with Gasteiger partial charge in [0.05, 0.1) is 0 Å². The fraction of sp³-hybridized carbons (Fsp3) is 0.526. The van der Waals surface area contributed by atoms with E-state index in [1.165, 1.54) is 0 Å². The number of aliphatic carboxylic acids is 1. The van der Waals surface area contributed by atoms with Crippen LogP contribution >= 0.6 is 0 Å². The number of amides is 1. The number of rotatable bonds is 5. The fourth-order valence-corrected chi connectivity index (χ4v) is 2.13. The molecule has 0 heterocycles. The predicted octanol–water partition coefficient (Wildman–Crippen LogP) is 2.92. The van der Waals surface area contributed by atoms with E-state index in [0.717, 1.165) is 0 Å².